The summed E-state index contributed by atoms with van der Waals surface area (Å²) < 4.78 is 5.58. The molecular formula is C15H22N2O4. The number of ether oxygens (including phenoxy) is 1. The number of nitrogens with one attached hydrogen (secondary N) is 2. The zero-order chi connectivity index (χ0) is 15.5. The van der Waals surface area contributed by atoms with E-state index < -0.39 is 12.0 Å². The van der Waals surface area contributed by atoms with Crippen LogP contribution >= 0.6 is 0 Å². The number of hydrogen-bond donors (Lipinski definition) is 3. The SMILES string of the molecule is CCCCCCCOc1ccc(C(=O)NNC(=O)O)cc1. The third kappa shape index (κ3) is 7.20. The van der Waals surface area contributed by atoms with Crippen molar-refractivity contribution in [3.63, 3.8) is 0 Å². The van der Waals surface area contributed by atoms with Gasteiger partial charge in [-0.3, -0.25) is 10.2 Å². The van der Waals surface area contributed by atoms with Crippen molar-refractivity contribution in [3.8, 4) is 5.75 Å². The van der Waals surface area contributed by atoms with Crippen LogP contribution in [0, 0.1) is 0 Å². The van der Waals surface area contributed by atoms with Crippen molar-refractivity contribution in [2.75, 3.05) is 6.61 Å². The van der Waals surface area contributed by atoms with Crippen LogP contribution in [0.3, 0.4) is 0 Å². The van der Waals surface area contributed by atoms with Crippen LogP contribution < -0.4 is 15.6 Å². The molecule has 0 aliphatic heterocycles. The largest absolute Gasteiger partial charge is 0.494 e. The fraction of sp³-hybridized carbons (Fsp3) is 0.467. The van der Waals surface area contributed by atoms with Crippen LogP contribution in [0.1, 0.15) is 49.4 Å². The summed E-state index contributed by atoms with van der Waals surface area (Å²) in [5, 5.41) is 8.38. The van der Waals surface area contributed by atoms with Crippen LogP contribution in [0.5, 0.6) is 5.75 Å². The van der Waals surface area contributed by atoms with E-state index in [0.717, 1.165) is 12.8 Å². The maximum atomic E-state index is 11.5. The molecule has 1 rings (SSSR count). The topological polar surface area (TPSA) is 87.7 Å². The molecule has 1 aromatic carbocycles. The van der Waals surface area contributed by atoms with E-state index >= 15 is 0 Å². The van der Waals surface area contributed by atoms with Gasteiger partial charge in [0.25, 0.3) is 5.91 Å². The second-order valence-electron chi connectivity index (χ2n) is 4.67. The first-order valence-electron chi connectivity index (χ1n) is 7.15. The van der Waals surface area contributed by atoms with Gasteiger partial charge in [-0.15, -0.1) is 0 Å². The van der Waals surface area contributed by atoms with Crippen molar-refractivity contribution in [2.45, 2.75) is 39.0 Å². The number of benzene rings is 1. The normalized spacial score (nSPS) is 9.95. The Labute approximate surface area is 124 Å². The first kappa shape index (κ1) is 16.8. The average molecular weight is 294 g/mol. The lowest BCUT2D eigenvalue weighted by Crippen LogP contribution is -2.40. The van der Waals surface area contributed by atoms with Gasteiger partial charge in [-0.2, -0.15) is 0 Å². The highest BCUT2D eigenvalue weighted by atomic mass is 16.5. The molecule has 3 N–H and O–H groups in total. The number of amides is 2. The third-order valence-corrected chi connectivity index (χ3v) is 2.92. The second kappa shape index (κ2) is 9.63. The van der Waals surface area contributed by atoms with Gasteiger partial charge >= 0.3 is 6.09 Å². The van der Waals surface area contributed by atoms with Crippen molar-refractivity contribution in [1.29, 1.82) is 0 Å². The Hall–Kier alpha value is -2.24. The van der Waals surface area contributed by atoms with Crippen LogP contribution in [-0.2, 0) is 0 Å². The molecular weight excluding hydrogens is 272 g/mol. The molecule has 1 aromatic rings. The molecule has 6 nitrogen and oxygen atoms in total. The summed E-state index contributed by atoms with van der Waals surface area (Å²) in [7, 11) is 0. The molecule has 0 heterocycles. The quantitative estimate of drug-likeness (QED) is 0.508. The number of rotatable bonds is 8. The van der Waals surface area contributed by atoms with Gasteiger partial charge < -0.3 is 9.84 Å². The van der Waals surface area contributed by atoms with E-state index in [1.807, 2.05) is 0 Å². The van der Waals surface area contributed by atoms with Crippen LogP contribution in [0.4, 0.5) is 4.79 Å². The standard InChI is InChI=1S/C15H22N2O4/c1-2-3-4-5-6-11-21-13-9-7-12(8-10-13)14(18)16-17-15(19)20/h7-10,17H,2-6,11H2,1H3,(H,16,18)(H,19,20). The second-order valence-corrected chi connectivity index (χ2v) is 4.67. The van der Waals surface area contributed by atoms with Gasteiger partial charge in [0.05, 0.1) is 6.61 Å². The third-order valence-electron chi connectivity index (χ3n) is 2.92. The summed E-state index contributed by atoms with van der Waals surface area (Å²) in [4.78, 5) is 21.8. The minimum absolute atomic E-state index is 0.360. The summed E-state index contributed by atoms with van der Waals surface area (Å²) in [6, 6.07) is 6.57. The van der Waals surface area contributed by atoms with E-state index in [9.17, 15) is 9.59 Å². The first-order chi connectivity index (χ1) is 10.1. The predicted molar refractivity (Wildman–Crippen MR) is 79.3 cm³/mol. The van der Waals surface area contributed by atoms with Crippen LogP contribution in [0.15, 0.2) is 24.3 Å². The van der Waals surface area contributed by atoms with E-state index in [-0.39, 0.29) is 0 Å². The lowest BCUT2D eigenvalue weighted by molar-refractivity contribution is 0.0926. The molecule has 0 atom stereocenters. The van der Waals surface area contributed by atoms with E-state index in [1.54, 1.807) is 29.7 Å². The molecule has 0 radical (unpaired) electrons. The maximum Gasteiger partial charge on any atom is 0.423 e. The van der Waals surface area contributed by atoms with Crippen molar-refractivity contribution >= 4 is 12.0 Å². The minimum Gasteiger partial charge on any atom is -0.494 e. The Morgan fingerprint density at radius 2 is 1.71 bits per heavy atom. The average Bonchev–Trinajstić information content (AvgIpc) is 2.49. The van der Waals surface area contributed by atoms with Crippen molar-refractivity contribution in [2.24, 2.45) is 0 Å². The van der Waals surface area contributed by atoms with Crippen LogP contribution in [-0.4, -0.2) is 23.7 Å². The fourth-order valence-corrected chi connectivity index (χ4v) is 1.78. The molecule has 0 aliphatic rings. The van der Waals surface area contributed by atoms with Crippen molar-refractivity contribution in [3.05, 3.63) is 29.8 Å². The molecule has 2 amide bonds. The van der Waals surface area contributed by atoms with Gasteiger partial charge in [0.1, 0.15) is 5.75 Å². The zero-order valence-corrected chi connectivity index (χ0v) is 12.2. The van der Waals surface area contributed by atoms with Gasteiger partial charge in [-0.1, -0.05) is 32.6 Å². The number of carbonyl (C=O) groups is 2. The van der Waals surface area contributed by atoms with E-state index in [4.69, 9.17) is 9.84 Å². The summed E-state index contributed by atoms with van der Waals surface area (Å²) in [5.41, 5.74) is 4.22. The van der Waals surface area contributed by atoms with Crippen molar-refractivity contribution in [1.82, 2.24) is 10.9 Å². The summed E-state index contributed by atoms with van der Waals surface area (Å²) >= 11 is 0. The molecule has 0 fully saturated rings. The van der Waals surface area contributed by atoms with Gasteiger partial charge in [0.2, 0.25) is 0 Å². The lowest BCUT2D eigenvalue weighted by atomic mass is 10.2. The van der Waals surface area contributed by atoms with Crippen LogP contribution in [0.2, 0.25) is 0 Å². The number of carbonyl (C=O) groups excluding carboxylic acids is 1. The van der Waals surface area contributed by atoms with Gasteiger partial charge in [-0.25, -0.2) is 10.2 Å². The molecule has 0 spiro atoms. The van der Waals surface area contributed by atoms with E-state index in [0.29, 0.717) is 17.9 Å². The number of unbranched alkanes of at least 4 members (excludes halogenated alkanes) is 4. The van der Waals surface area contributed by atoms with Gasteiger partial charge in [0, 0.05) is 5.56 Å². The molecule has 0 unspecified atom stereocenters. The molecule has 0 bridgehead atoms. The highest BCUT2D eigenvalue weighted by Crippen LogP contribution is 2.13. The van der Waals surface area contributed by atoms with Gasteiger partial charge in [0.15, 0.2) is 0 Å². The molecule has 116 valence electrons. The smallest absolute Gasteiger partial charge is 0.423 e. The minimum atomic E-state index is -1.31. The maximum absolute atomic E-state index is 11.5. The molecule has 21 heavy (non-hydrogen) atoms. The summed E-state index contributed by atoms with van der Waals surface area (Å²) in [5.74, 6) is 0.191. The Morgan fingerprint density at radius 1 is 1.05 bits per heavy atom. The Kier molecular flexibility index (Phi) is 7.71. The summed E-state index contributed by atoms with van der Waals surface area (Å²) in [6.45, 7) is 2.84. The Morgan fingerprint density at radius 3 is 2.33 bits per heavy atom. The number of hydrazine groups is 1. The molecule has 6 heteroatoms. The first-order valence-corrected chi connectivity index (χ1v) is 7.15. The molecule has 0 aliphatic carbocycles. The number of carboxylic acid groups (broad SMARTS) is 1. The van der Waals surface area contributed by atoms with Crippen LogP contribution in [0.25, 0.3) is 0 Å². The fourth-order valence-electron chi connectivity index (χ4n) is 1.78. The molecule has 0 aromatic heterocycles. The van der Waals surface area contributed by atoms with Crippen molar-refractivity contribution < 1.29 is 19.4 Å². The zero-order valence-electron chi connectivity index (χ0n) is 12.2. The number of hydrogen-bond acceptors (Lipinski definition) is 3. The van der Waals surface area contributed by atoms with E-state index in [1.165, 1.54) is 19.3 Å². The highest BCUT2D eigenvalue weighted by Gasteiger charge is 2.06. The Bertz CT molecular complexity index is 445. The Balaban J connectivity index is 2.29. The lowest BCUT2D eigenvalue weighted by Gasteiger charge is -2.07. The monoisotopic (exact) mass is 294 g/mol. The summed E-state index contributed by atoms with van der Waals surface area (Å²) in [6.07, 6.45) is 4.58. The van der Waals surface area contributed by atoms with Gasteiger partial charge in [-0.05, 0) is 30.7 Å². The van der Waals surface area contributed by atoms with E-state index in [2.05, 4.69) is 12.3 Å². The molecule has 0 saturated carbocycles. The predicted octanol–water partition coefficient (Wildman–Crippen LogP) is 2.95. The molecule has 0 saturated heterocycles. The highest BCUT2D eigenvalue weighted by molar-refractivity contribution is 5.94.